The van der Waals surface area contributed by atoms with Crippen LogP contribution in [0.15, 0.2) is 24.3 Å². The number of benzene rings is 1. The topological polar surface area (TPSA) is 83.9 Å². The van der Waals surface area contributed by atoms with Crippen LogP contribution in [0, 0.1) is 5.92 Å². The third kappa shape index (κ3) is 3.21. The first-order chi connectivity index (χ1) is 10.0. The van der Waals surface area contributed by atoms with E-state index in [-0.39, 0.29) is 0 Å². The summed E-state index contributed by atoms with van der Waals surface area (Å²) in [6, 6.07) is 6.42. The van der Waals surface area contributed by atoms with E-state index in [1.54, 1.807) is 24.3 Å². The van der Waals surface area contributed by atoms with Crippen molar-refractivity contribution in [3.63, 3.8) is 0 Å². The molecule has 0 aromatic heterocycles. The fourth-order valence-electron chi connectivity index (χ4n) is 2.22. The third-order valence-corrected chi connectivity index (χ3v) is 3.36. The molecule has 1 aliphatic rings. The average Bonchev–Trinajstić information content (AvgIpc) is 2.87. The first-order valence-corrected chi connectivity index (χ1v) is 6.86. The number of rotatable bonds is 5. The lowest BCUT2D eigenvalue weighted by atomic mass is 10.1. The maximum Gasteiger partial charge on any atom is 0.338 e. The van der Waals surface area contributed by atoms with E-state index in [1.807, 2.05) is 6.92 Å². The van der Waals surface area contributed by atoms with Gasteiger partial charge in [-0.2, -0.15) is 0 Å². The van der Waals surface area contributed by atoms with Gasteiger partial charge in [-0.05, 0) is 37.1 Å². The Bertz CT molecular complexity index is 552. The van der Waals surface area contributed by atoms with Crippen molar-refractivity contribution in [1.29, 1.82) is 0 Å². The van der Waals surface area contributed by atoms with E-state index in [4.69, 9.17) is 9.84 Å². The number of carbonyl (C=O) groups is 3. The largest absolute Gasteiger partial charge is 0.481 e. The molecular weight excluding hydrogens is 274 g/mol. The molecule has 21 heavy (non-hydrogen) atoms. The molecule has 0 saturated carbocycles. The van der Waals surface area contributed by atoms with Crippen LogP contribution in [-0.4, -0.2) is 36.1 Å². The molecule has 1 amide bonds. The zero-order chi connectivity index (χ0) is 15.4. The van der Waals surface area contributed by atoms with Gasteiger partial charge in [-0.3, -0.25) is 9.59 Å². The summed E-state index contributed by atoms with van der Waals surface area (Å²) in [6.07, 6.45) is 1.05. The first-order valence-electron chi connectivity index (χ1n) is 6.86. The van der Waals surface area contributed by atoms with Gasteiger partial charge in [0, 0.05) is 12.2 Å². The monoisotopic (exact) mass is 291 g/mol. The molecule has 1 N–H and O–H groups in total. The van der Waals surface area contributed by atoms with Crippen LogP contribution in [0.25, 0.3) is 0 Å². The number of esters is 1. The number of hydrogen-bond donors (Lipinski definition) is 1. The molecule has 2 rings (SSSR count). The van der Waals surface area contributed by atoms with Gasteiger partial charge >= 0.3 is 11.9 Å². The summed E-state index contributed by atoms with van der Waals surface area (Å²) in [7, 11) is 0. The van der Waals surface area contributed by atoms with Crippen LogP contribution in [0.3, 0.4) is 0 Å². The Hall–Kier alpha value is -2.37. The minimum absolute atomic E-state index is 0.300. The van der Waals surface area contributed by atoms with E-state index in [0.717, 1.165) is 6.42 Å². The van der Waals surface area contributed by atoms with Crippen LogP contribution in [0.5, 0.6) is 0 Å². The molecule has 0 bridgehead atoms. The summed E-state index contributed by atoms with van der Waals surface area (Å²) in [5.41, 5.74) is 1.00. The van der Waals surface area contributed by atoms with Gasteiger partial charge in [0.1, 0.15) is 5.92 Å². The Morgan fingerprint density at radius 1 is 1.33 bits per heavy atom. The molecule has 1 aliphatic heterocycles. The first kappa shape index (κ1) is 15.0. The smallest absolute Gasteiger partial charge is 0.338 e. The number of anilines is 1. The van der Waals surface area contributed by atoms with Gasteiger partial charge in [-0.25, -0.2) is 4.79 Å². The van der Waals surface area contributed by atoms with Gasteiger partial charge in [0.25, 0.3) is 0 Å². The molecule has 1 atom stereocenters. The molecule has 1 saturated heterocycles. The fraction of sp³-hybridized carbons (Fsp3) is 0.400. The molecule has 1 aromatic rings. The van der Waals surface area contributed by atoms with E-state index >= 15 is 0 Å². The van der Waals surface area contributed by atoms with Gasteiger partial charge in [0.05, 0.1) is 12.2 Å². The van der Waals surface area contributed by atoms with Crippen LogP contribution in [-0.2, 0) is 14.3 Å². The highest BCUT2D eigenvalue weighted by Gasteiger charge is 2.37. The minimum atomic E-state index is -1.10. The molecular formula is C15H17NO5. The molecule has 1 heterocycles. The molecule has 0 spiro atoms. The number of aliphatic carboxylic acids is 1. The SMILES string of the molecule is CCCOC(=O)c1ccc(N2CCC(C(=O)O)C2=O)cc1. The quantitative estimate of drug-likeness (QED) is 0.659. The Kier molecular flexibility index (Phi) is 4.57. The van der Waals surface area contributed by atoms with Crippen molar-refractivity contribution in [2.75, 3.05) is 18.1 Å². The van der Waals surface area contributed by atoms with Crippen molar-refractivity contribution in [1.82, 2.24) is 0 Å². The lowest BCUT2D eigenvalue weighted by Crippen LogP contribution is -2.30. The predicted octanol–water partition coefficient (Wildman–Crippen LogP) is 1.69. The molecule has 6 heteroatoms. The number of carboxylic acids is 1. The highest BCUT2D eigenvalue weighted by molar-refractivity contribution is 6.07. The van der Waals surface area contributed by atoms with Crippen molar-refractivity contribution in [3.05, 3.63) is 29.8 Å². The van der Waals surface area contributed by atoms with E-state index in [0.29, 0.717) is 30.8 Å². The summed E-state index contributed by atoms with van der Waals surface area (Å²) < 4.78 is 5.02. The molecule has 112 valence electrons. The summed E-state index contributed by atoms with van der Waals surface area (Å²) in [6.45, 7) is 2.65. The zero-order valence-electron chi connectivity index (χ0n) is 11.7. The third-order valence-electron chi connectivity index (χ3n) is 3.36. The van der Waals surface area contributed by atoms with Gasteiger partial charge in [0.15, 0.2) is 0 Å². The predicted molar refractivity (Wildman–Crippen MR) is 75.1 cm³/mol. The van der Waals surface area contributed by atoms with Crippen LogP contribution in [0.1, 0.15) is 30.1 Å². The zero-order valence-corrected chi connectivity index (χ0v) is 11.7. The van der Waals surface area contributed by atoms with Crippen molar-refractivity contribution >= 4 is 23.5 Å². The van der Waals surface area contributed by atoms with Gasteiger partial charge < -0.3 is 14.7 Å². The maximum atomic E-state index is 12.0. The van der Waals surface area contributed by atoms with Crippen LogP contribution < -0.4 is 4.90 Å². The summed E-state index contributed by atoms with van der Waals surface area (Å²) in [5.74, 6) is -2.88. The van der Waals surface area contributed by atoms with E-state index in [2.05, 4.69) is 0 Å². The Balaban J connectivity index is 2.08. The van der Waals surface area contributed by atoms with E-state index in [9.17, 15) is 14.4 Å². The van der Waals surface area contributed by atoms with Crippen molar-refractivity contribution in [2.45, 2.75) is 19.8 Å². The lowest BCUT2D eigenvalue weighted by molar-refractivity contribution is -0.144. The number of carboxylic acid groups (broad SMARTS) is 1. The number of carbonyl (C=O) groups excluding carboxylic acids is 2. The number of amides is 1. The fourth-order valence-corrected chi connectivity index (χ4v) is 2.22. The second kappa shape index (κ2) is 6.39. The molecule has 1 aromatic carbocycles. The standard InChI is InChI=1S/C15H17NO5/c1-2-9-21-15(20)10-3-5-11(6-4-10)16-8-7-12(13(16)17)14(18)19/h3-6,12H,2,7-9H2,1H3,(H,18,19). The van der Waals surface area contributed by atoms with Crippen LogP contribution in [0.2, 0.25) is 0 Å². The maximum absolute atomic E-state index is 12.0. The minimum Gasteiger partial charge on any atom is -0.481 e. The van der Waals surface area contributed by atoms with Crippen molar-refractivity contribution < 1.29 is 24.2 Å². The summed E-state index contributed by atoms with van der Waals surface area (Å²) in [5, 5.41) is 8.94. The molecule has 1 unspecified atom stereocenters. The number of ether oxygens (including phenoxy) is 1. The van der Waals surface area contributed by atoms with Gasteiger partial charge in [-0.1, -0.05) is 6.92 Å². The van der Waals surface area contributed by atoms with E-state index in [1.165, 1.54) is 4.90 Å². The number of nitrogens with zero attached hydrogens (tertiary/aromatic N) is 1. The van der Waals surface area contributed by atoms with Crippen molar-refractivity contribution in [2.24, 2.45) is 5.92 Å². The Labute approximate surface area is 122 Å². The summed E-state index contributed by atoms with van der Waals surface area (Å²) in [4.78, 5) is 36.0. The molecule has 1 fully saturated rings. The lowest BCUT2D eigenvalue weighted by Gasteiger charge is -2.16. The second-order valence-corrected chi connectivity index (χ2v) is 4.85. The van der Waals surface area contributed by atoms with Crippen LogP contribution >= 0.6 is 0 Å². The second-order valence-electron chi connectivity index (χ2n) is 4.85. The van der Waals surface area contributed by atoms with Crippen molar-refractivity contribution in [3.8, 4) is 0 Å². The average molecular weight is 291 g/mol. The Morgan fingerprint density at radius 2 is 2.00 bits per heavy atom. The molecule has 6 nitrogen and oxygen atoms in total. The summed E-state index contributed by atoms with van der Waals surface area (Å²) >= 11 is 0. The normalized spacial score (nSPS) is 17.9. The number of hydrogen-bond acceptors (Lipinski definition) is 4. The highest BCUT2D eigenvalue weighted by atomic mass is 16.5. The van der Waals surface area contributed by atoms with Crippen LogP contribution in [0.4, 0.5) is 5.69 Å². The molecule has 0 radical (unpaired) electrons. The van der Waals surface area contributed by atoms with Gasteiger partial charge in [0.2, 0.25) is 5.91 Å². The van der Waals surface area contributed by atoms with Gasteiger partial charge in [-0.15, -0.1) is 0 Å². The molecule has 0 aliphatic carbocycles. The highest BCUT2D eigenvalue weighted by Crippen LogP contribution is 2.25. The van der Waals surface area contributed by atoms with E-state index < -0.39 is 23.8 Å². The Morgan fingerprint density at radius 3 is 2.52 bits per heavy atom.